The van der Waals surface area contributed by atoms with E-state index < -0.39 is 0 Å². The predicted octanol–water partition coefficient (Wildman–Crippen LogP) is 3.43. The molecule has 0 unspecified atom stereocenters. The Labute approximate surface area is 138 Å². The molecule has 3 rings (SSSR count). The van der Waals surface area contributed by atoms with Crippen LogP contribution in [0.1, 0.15) is 28.2 Å². The minimum Gasteiger partial charge on any atom is -0.495 e. The SMILES string of the molecule is COc1ccsc1C(=O)N[C@H](C)c1cccc(-n2ccnc2)c1. The fraction of sp³-hybridized carbons (Fsp3) is 0.176. The summed E-state index contributed by atoms with van der Waals surface area (Å²) in [6.07, 6.45) is 5.37. The van der Waals surface area contributed by atoms with Crippen molar-refractivity contribution in [2.75, 3.05) is 7.11 Å². The van der Waals surface area contributed by atoms with Crippen LogP contribution in [0.2, 0.25) is 0 Å². The molecule has 0 aliphatic rings. The monoisotopic (exact) mass is 327 g/mol. The zero-order valence-electron chi connectivity index (χ0n) is 12.9. The largest absolute Gasteiger partial charge is 0.495 e. The van der Waals surface area contributed by atoms with Gasteiger partial charge in [0.25, 0.3) is 5.91 Å². The van der Waals surface area contributed by atoms with Gasteiger partial charge in [-0.1, -0.05) is 12.1 Å². The van der Waals surface area contributed by atoms with E-state index >= 15 is 0 Å². The van der Waals surface area contributed by atoms with Crippen molar-refractivity contribution in [3.05, 3.63) is 64.9 Å². The molecule has 0 radical (unpaired) electrons. The van der Waals surface area contributed by atoms with E-state index in [2.05, 4.69) is 10.3 Å². The van der Waals surface area contributed by atoms with Crippen LogP contribution in [0, 0.1) is 0 Å². The first-order valence-corrected chi connectivity index (χ1v) is 8.07. The van der Waals surface area contributed by atoms with Crippen molar-refractivity contribution in [1.29, 1.82) is 0 Å². The summed E-state index contributed by atoms with van der Waals surface area (Å²) in [6, 6.07) is 9.69. The molecule has 0 spiro atoms. The van der Waals surface area contributed by atoms with Crippen molar-refractivity contribution in [2.45, 2.75) is 13.0 Å². The summed E-state index contributed by atoms with van der Waals surface area (Å²) in [5.41, 5.74) is 2.04. The van der Waals surface area contributed by atoms with Crippen LogP contribution >= 0.6 is 11.3 Å². The Bertz CT molecular complexity index is 796. The zero-order chi connectivity index (χ0) is 16.2. The van der Waals surface area contributed by atoms with Crippen molar-refractivity contribution in [3.8, 4) is 11.4 Å². The molecule has 0 saturated carbocycles. The number of nitrogens with one attached hydrogen (secondary N) is 1. The molecule has 1 amide bonds. The van der Waals surface area contributed by atoms with E-state index in [-0.39, 0.29) is 11.9 Å². The number of thiophene rings is 1. The van der Waals surface area contributed by atoms with Crippen LogP contribution in [0.3, 0.4) is 0 Å². The van der Waals surface area contributed by atoms with Gasteiger partial charge in [0, 0.05) is 18.1 Å². The molecular weight excluding hydrogens is 310 g/mol. The topological polar surface area (TPSA) is 56.1 Å². The molecular formula is C17H17N3O2S. The summed E-state index contributed by atoms with van der Waals surface area (Å²) < 4.78 is 7.13. The lowest BCUT2D eigenvalue weighted by Gasteiger charge is -2.15. The van der Waals surface area contributed by atoms with Crippen LogP contribution in [0.15, 0.2) is 54.4 Å². The number of carbonyl (C=O) groups is 1. The minimum atomic E-state index is -0.127. The molecule has 2 aromatic heterocycles. The highest BCUT2D eigenvalue weighted by Gasteiger charge is 2.17. The minimum absolute atomic E-state index is 0.113. The highest BCUT2D eigenvalue weighted by molar-refractivity contribution is 7.12. The molecule has 6 heteroatoms. The second kappa shape index (κ2) is 6.66. The van der Waals surface area contributed by atoms with Gasteiger partial charge in [0.2, 0.25) is 0 Å². The van der Waals surface area contributed by atoms with Crippen LogP contribution < -0.4 is 10.1 Å². The first-order chi connectivity index (χ1) is 11.2. The fourth-order valence-corrected chi connectivity index (χ4v) is 3.10. The van der Waals surface area contributed by atoms with Crippen LogP contribution in [0.25, 0.3) is 5.69 Å². The van der Waals surface area contributed by atoms with Crippen molar-refractivity contribution >= 4 is 17.2 Å². The van der Waals surface area contributed by atoms with Gasteiger partial charge in [-0.15, -0.1) is 11.3 Å². The lowest BCUT2D eigenvalue weighted by Crippen LogP contribution is -2.26. The zero-order valence-corrected chi connectivity index (χ0v) is 13.7. The standard InChI is InChI=1S/C17H17N3O2S/c1-12(19-17(21)16-15(22-2)6-9-23-16)13-4-3-5-14(10-13)20-8-7-18-11-20/h3-12H,1-2H3,(H,19,21)/t12-/m1/s1. The number of imidazole rings is 1. The van der Waals surface area contributed by atoms with Gasteiger partial charge in [-0.3, -0.25) is 4.79 Å². The molecule has 0 fully saturated rings. The highest BCUT2D eigenvalue weighted by Crippen LogP contribution is 2.25. The van der Waals surface area contributed by atoms with Gasteiger partial charge < -0.3 is 14.6 Å². The Morgan fingerprint density at radius 1 is 1.39 bits per heavy atom. The summed E-state index contributed by atoms with van der Waals surface area (Å²) >= 11 is 1.37. The first kappa shape index (κ1) is 15.3. The molecule has 23 heavy (non-hydrogen) atoms. The van der Waals surface area contributed by atoms with E-state index in [0.717, 1.165) is 11.3 Å². The Balaban J connectivity index is 1.77. The molecule has 2 heterocycles. The van der Waals surface area contributed by atoms with Gasteiger partial charge in [-0.05, 0) is 36.1 Å². The van der Waals surface area contributed by atoms with E-state index in [1.165, 1.54) is 11.3 Å². The summed E-state index contributed by atoms with van der Waals surface area (Å²) in [4.78, 5) is 17.0. The molecule has 1 N–H and O–H groups in total. The average molecular weight is 327 g/mol. The number of carbonyl (C=O) groups excluding carboxylic acids is 1. The molecule has 5 nitrogen and oxygen atoms in total. The van der Waals surface area contributed by atoms with Crippen LogP contribution in [0.4, 0.5) is 0 Å². The number of benzene rings is 1. The second-order valence-corrected chi connectivity index (χ2v) is 5.99. The van der Waals surface area contributed by atoms with Crippen molar-refractivity contribution in [2.24, 2.45) is 0 Å². The van der Waals surface area contributed by atoms with Gasteiger partial charge >= 0.3 is 0 Å². The van der Waals surface area contributed by atoms with E-state index in [1.54, 1.807) is 25.7 Å². The van der Waals surface area contributed by atoms with E-state index in [0.29, 0.717) is 10.6 Å². The molecule has 118 valence electrons. The number of rotatable bonds is 5. The third-order valence-electron chi connectivity index (χ3n) is 3.58. The molecule has 3 aromatic rings. The summed E-state index contributed by atoms with van der Waals surface area (Å²) in [5.74, 6) is 0.476. The highest BCUT2D eigenvalue weighted by atomic mass is 32.1. The molecule has 0 aliphatic heterocycles. The Morgan fingerprint density at radius 3 is 3.00 bits per heavy atom. The fourth-order valence-electron chi connectivity index (χ4n) is 2.34. The van der Waals surface area contributed by atoms with Crippen LogP contribution in [-0.4, -0.2) is 22.6 Å². The molecule has 0 saturated heterocycles. The number of methoxy groups -OCH3 is 1. The van der Waals surface area contributed by atoms with E-state index in [4.69, 9.17) is 4.74 Å². The smallest absolute Gasteiger partial charge is 0.265 e. The van der Waals surface area contributed by atoms with Gasteiger partial charge in [0.05, 0.1) is 19.5 Å². The maximum Gasteiger partial charge on any atom is 0.265 e. The number of hydrogen-bond donors (Lipinski definition) is 1. The molecule has 1 atom stereocenters. The maximum atomic E-state index is 12.4. The third kappa shape index (κ3) is 3.27. The van der Waals surface area contributed by atoms with E-state index in [9.17, 15) is 4.79 Å². The third-order valence-corrected chi connectivity index (χ3v) is 4.47. The number of aromatic nitrogens is 2. The van der Waals surface area contributed by atoms with Gasteiger partial charge in [0.15, 0.2) is 0 Å². The molecule has 1 aromatic carbocycles. The summed E-state index contributed by atoms with van der Waals surface area (Å²) in [7, 11) is 1.57. The normalized spacial score (nSPS) is 11.9. The van der Waals surface area contributed by atoms with Crippen molar-refractivity contribution in [3.63, 3.8) is 0 Å². The second-order valence-electron chi connectivity index (χ2n) is 5.08. The predicted molar refractivity (Wildman–Crippen MR) is 90.3 cm³/mol. The number of amides is 1. The Hall–Kier alpha value is -2.60. The Kier molecular flexibility index (Phi) is 4.43. The maximum absolute atomic E-state index is 12.4. The van der Waals surface area contributed by atoms with E-state index in [1.807, 2.05) is 47.3 Å². The molecule has 0 bridgehead atoms. The van der Waals surface area contributed by atoms with Gasteiger partial charge in [-0.25, -0.2) is 4.98 Å². The number of ether oxygens (including phenoxy) is 1. The number of hydrogen-bond acceptors (Lipinski definition) is 4. The lowest BCUT2D eigenvalue weighted by molar-refractivity contribution is 0.0941. The van der Waals surface area contributed by atoms with Crippen molar-refractivity contribution < 1.29 is 9.53 Å². The van der Waals surface area contributed by atoms with Crippen molar-refractivity contribution in [1.82, 2.24) is 14.9 Å². The van der Waals surface area contributed by atoms with Crippen LogP contribution in [-0.2, 0) is 0 Å². The number of nitrogens with zero attached hydrogens (tertiary/aromatic N) is 2. The van der Waals surface area contributed by atoms with Crippen LogP contribution in [0.5, 0.6) is 5.75 Å². The average Bonchev–Trinajstić information content (AvgIpc) is 3.26. The summed E-state index contributed by atoms with van der Waals surface area (Å²) in [5, 5.41) is 4.86. The van der Waals surface area contributed by atoms with Gasteiger partial charge in [-0.2, -0.15) is 0 Å². The lowest BCUT2D eigenvalue weighted by atomic mass is 10.1. The molecule has 0 aliphatic carbocycles. The first-order valence-electron chi connectivity index (χ1n) is 7.19. The quantitative estimate of drug-likeness (QED) is 0.781. The van der Waals surface area contributed by atoms with Gasteiger partial charge in [0.1, 0.15) is 10.6 Å². The Morgan fingerprint density at radius 2 is 2.26 bits per heavy atom. The summed E-state index contributed by atoms with van der Waals surface area (Å²) in [6.45, 7) is 1.96.